The van der Waals surface area contributed by atoms with E-state index in [1.54, 1.807) is 13.0 Å². The van der Waals surface area contributed by atoms with E-state index in [9.17, 15) is 20.0 Å². The number of carboxylic acid groups (broad SMARTS) is 1. The van der Waals surface area contributed by atoms with Crippen LogP contribution in [0.25, 0.3) is 0 Å². The van der Waals surface area contributed by atoms with Crippen molar-refractivity contribution < 1.29 is 24.3 Å². The summed E-state index contributed by atoms with van der Waals surface area (Å²) in [7, 11) is 1.42. The number of methoxy groups -OCH3 is 1. The minimum Gasteiger partial charge on any atom is -0.496 e. The molecule has 0 bridgehead atoms. The van der Waals surface area contributed by atoms with E-state index in [-0.39, 0.29) is 24.6 Å². The molecule has 1 aliphatic rings. The Labute approximate surface area is 120 Å². The van der Waals surface area contributed by atoms with Gasteiger partial charge in [-0.3, -0.25) is 14.9 Å². The molecule has 1 aromatic carbocycles. The number of carbonyl (C=O) groups is 1. The van der Waals surface area contributed by atoms with Gasteiger partial charge in [-0.1, -0.05) is 0 Å². The first-order valence-electron chi connectivity index (χ1n) is 6.28. The number of nitrogens with zero attached hydrogens (tertiary/aromatic N) is 1. The number of nitro groups is 1. The van der Waals surface area contributed by atoms with E-state index in [1.165, 1.54) is 19.2 Å². The van der Waals surface area contributed by atoms with Crippen LogP contribution in [0.4, 0.5) is 11.4 Å². The standard InChI is InChI=1S/C13H16N2O6/c1-13(12(16)17)7-21-6-11(13)14-9-4-3-8(20-2)5-10(9)15(18)19/h3-5,11,14H,6-7H2,1-2H3,(H,16,17). The number of anilines is 1. The maximum Gasteiger partial charge on any atom is 0.313 e. The second-order valence-corrected chi connectivity index (χ2v) is 5.07. The number of hydrogen-bond donors (Lipinski definition) is 2. The third-order valence-electron chi connectivity index (χ3n) is 3.68. The Kier molecular flexibility index (Phi) is 3.99. The Bertz CT molecular complexity index is 576. The van der Waals surface area contributed by atoms with Crippen LogP contribution in [0, 0.1) is 15.5 Å². The minimum absolute atomic E-state index is 0.0595. The summed E-state index contributed by atoms with van der Waals surface area (Å²) < 4.78 is 10.2. The van der Waals surface area contributed by atoms with Crippen molar-refractivity contribution in [1.82, 2.24) is 0 Å². The fourth-order valence-electron chi connectivity index (χ4n) is 2.18. The lowest BCUT2D eigenvalue weighted by Gasteiger charge is -2.26. The Balaban J connectivity index is 2.31. The second kappa shape index (κ2) is 5.57. The van der Waals surface area contributed by atoms with Crippen LogP contribution in [0.5, 0.6) is 5.75 Å². The van der Waals surface area contributed by atoms with Crippen molar-refractivity contribution in [2.45, 2.75) is 13.0 Å². The highest BCUT2D eigenvalue weighted by Crippen LogP contribution is 2.35. The van der Waals surface area contributed by atoms with Crippen LogP contribution in [0.1, 0.15) is 6.92 Å². The van der Waals surface area contributed by atoms with Crippen LogP contribution in [-0.4, -0.2) is 42.4 Å². The molecule has 2 rings (SSSR count). The summed E-state index contributed by atoms with van der Waals surface area (Å²) >= 11 is 0. The first-order chi connectivity index (χ1) is 9.88. The molecular weight excluding hydrogens is 280 g/mol. The van der Waals surface area contributed by atoms with E-state index in [4.69, 9.17) is 9.47 Å². The molecule has 0 spiro atoms. The SMILES string of the molecule is COc1ccc(NC2COCC2(C)C(=O)O)c([N+](=O)[O-])c1. The van der Waals surface area contributed by atoms with Crippen molar-refractivity contribution in [3.8, 4) is 5.75 Å². The van der Waals surface area contributed by atoms with E-state index in [2.05, 4.69) is 5.32 Å². The van der Waals surface area contributed by atoms with Gasteiger partial charge in [0.2, 0.25) is 0 Å². The lowest BCUT2D eigenvalue weighted by molar-refractivity contribution is -0.384. The molecule has 2 N–H and O–H groups in total. The van der Waals surface area contributed by atoms with Crippen molar-refractivity contribution in [1.29, 1.82) is 0 Å². The summed E-state index contributed by atoms with van der Waals surface area (Å²) in [6.45, 7) is 1.78. The third kappa shape index (κ3) is 2.75. The molecule has 1 saturated heterocycles. The van der Waals surface area contributed by atoms with E-state index < -0.39 is 22.3 Å². The molecule has 114 valence electrons. The van der Waals surface area contributed by atoms with Crippen LogP contribution >= 0.6 is 0 Å². The first-order valence-corrected chi connectivity index (χ1v) is 6.28. The van der Waals surface area contributed by atoms with Gasteiger partial charge in [0.1, 0.15) is 16.9 Å². The molecule has 0 radical (unpaired) electrons. The van der Waals surface area contributed by atoms with Gasteiger partial charge in [-0.2, -0.15) is 0 Å². The van der Waals surface area contributed by atoms with Crippen molar-refractivity contribution in [2.24, 2.45) is 5.41 Å². The highest BCUT2D eigenvalue weighted by atomic mass is 16.6. The van der Waals surface area contributed by atoms with Gasteiger partial charge < -0.3 is 19.9 Å². The van der Waals surface area contributed by atoms with E-state index in [0.717, 1.165) is 0 Å². The van der Waals surface area contributed by atoms with Crippen LogP contribution < -0.4 is 10.1 Å². The zero-order chi connectivity index (χ0) is 15.6. The summed E-state index contributed by atoms with van der Waals surface area (Å²) in [5.41, 5.74) is -1.06. The van der Waals surface area contributed by atoms with Gasteiger partial charge in [0.05, 0.1) is 37.4 Å². The molecule has 0 saturated carbocycles. The third-order valence-corrected chi connectivity index (χ3v) is 3.68. The predicted octanol–water partition coefficient (Wildman–Crippen LogP) is 1.50. The second-order valence-electron chi connectivity index (χ2n) is 5.07. The van der Waals surface area contributed by atoms with Gasteiger partial charge in [-0.05, 0) is 19.1 Å². The van der Waals surface area contributed by atoms with Crippen LogP contribution in [0.3, 0.4) is 0 Å². The quantitative estimate of drug-likeness (QED) is 0.625. The fourth-order valence-corrected chi connectivity index (χ4v) is 2.18. The van der Waals surface area contributed by atoms with E-state index in [0.29, 0.717) is 5.75 Å². The van der Waals surface area contributed by atoms with Gasteiger partial charge in [-0.25, -0.2) is 0 Å². The number of ether oxygens (including phenoxy) is 2. The number of carboxylic acids is 1. The van der Waals surface area contributed by atoms with Crippen LogP contribution in [0.15, 0.2) is 18.2 Å². The normalized spacial score (nSPS) is 24.6. The molecule has 1 fully saturated rings. The molecule has 21 heavy (non-hydrogen) atoms. The Hall–Kier alpha value is -2.35. The smallest absolute Gasteiger partial charge is 0.313 e. The molecule has 2 atom stereocenters. The highest BCUT2D eigenvalue weighted by molar-refractivity contribution is 5.77. The molecule has 1 heterocycles. The minimum atomic E-state index is -1.13. The first kappa shape index (κ1) is 15.0. The average Bonchev–Trinajstić information content (AvgIpc) is 2.82. The van der Waals surface area contributed by atoms with Gasteiger partial charge >= 0.3 is 5.97 Å². The van der Waals surface area contributed by atoms with Crippen molar-refractivity contribution in [2.75, 3.05) is 25.6 Å². The number of nitrogens with one attached hydrogen (secondary N) is 1. The molecule has 1 aliphatic heterocycles. The zero-order valence-corrected chi connectivity index (χ0v) is 11.7. The fraction of sp³-hybridized carbons (Fsp3) is 0.462. The largest absolute Gasteiger partial charge is 0.496 e. The van der Waals surface area contributed by atoms with Crippen molar-refractivity contribution in [3.05, 3.63) is 28.3 Å². The summed E-state index contributed by atoms with van der Waals surface area (Å²) in [5, 5.41) is 23.3. The summed E-state index contributed by atoms with van der Waals surface area (Å²) in [5.74, 6) is -0.649. The van der Waals surface area contributed by atoms with Gasteiger partial charge in [0.25, 0.3) is 5.69 Å². The van der Waals surface area contributed by atoms with Crippen molar-refractivity contribution >= 4 is 17.3 Å². The monoisotopic (exact) mass is 296 g/mol. The molecular formula is C13H16N2O6. The number of hydrogen-bond acceptors (Lipinski definition) is 6. The van der Waals surface area contributed by atoms with Gasteiger partial charge in [0.15, 0.2) is 0 Å². The number of nitro benzene ring substituents is 1. The molecule has 0 aromatic heterocycles. The molecule has 8 heteroatoms. The molecule has 0 amide bonds. The number of aliphatic carboxylic acids is 1. The molecule has 8 nitrogen and oxygen atoms in total. The highest BCUT2D eigenvalue weighted by Gasteiger charge is 2.47. The predicted molar refractivity (Wildman–Crippen MR) is 73.6 cm³/mol. The number of benzene rings is 1. The number of rotatable bonds is 5. The molecule has 0 aliphatic carbocycles. The lowest BCUT2D eigenvalue weighted by Crippen LogP contribution is -2.43. The van der Waals surface area contributed by atoms with E-state index in [1.807, 2.05) is 0 Å². The topological polar surface area (TPSA) is 111 Å². The summed E-state index contributed by atoms with van der Waals surface area (Å²) in [6.07, 6.45) is 0. The Morgan fingerprint density at radius 1 is 1.62 bits per heavy atom. The zero-order valence-electron chi connectivity index (χ0n) is 11.7. The average molecular weight is 296 g/mol. The lowest BCUT2D eigenvalue weighted by atomic mass is 9.85. The molecule has 1 aromatic rings. The van der Waals surface area contributed by atoms with Crippen LogP contribution in [-0.2, 0) is 9.53 Å². The molecule has 2 unspecified atom stereocenters. The van der Waals surface area contributed by atoms with Crippen molar-refractivity contribution in [3.63, 3.8) is 0 Å². The van der Waals surface area contributed by atoms with Gasteiger partial charge in [-0.15, -0.1) is 0 Å². The summed E-state index contributed by atoms with van der Waals surface area (Å²) in [6, 6.07) is 3.80. The van der Waals surface area contributed by atoms with Crippen LogP contribution in [0.2, 0.25) is 0 Å². The maximum atomic E-state index is 11.4. The Morgan fingerprint density at radius 2 is 2.33 bits per heavy atom. The summed E-state index contributed by atoms with van der Waals surface area (Å²) in [4.78, 5) is 21.9. The van der Waals surface area contributed by atoms with Gasteiger partial charge in [0, 0.05) is 0 Å². The maximum absolute atomic E-state index is 11.4. The van der Waals surface area contributed by atoms with E-state index >= 15 is 0 Å². The Morgan fingerprint density at radius 3 is 2.90 bits per heavy atom.